The predicted octanol–water partition coefficient (Wildman–Crippen LogP) is 3.81. The van der Waals surface area contributed by atoms with E-state index in [4.69, 9.17) is 21.5 Å². The molecule has 0 bridgehead atoms. The molecule has 22 heavy (non-hydrogen) atoms. The number of thiol groups is 1. The summed E-state index contributed by atoms with van der Waals surface area (Å²) in [7, 11) is 0. The van der Waals surface area contributed by atoms with Crippen LogP contribution in [0.15, 0.2) is 24.3 Å². The molecule has 2 rings (SSSR count). The number of carbonyl (C=O) groups excluding carboxylic acids is 1. The van der Waals surface area contributed by atoms with Gasteiger partial charge in [-0.3, -0.25) is 4.79 Å². The van der Waals surface area contributed by atoms with Gasteiger partial charge in [-0.2, -0.15) is 0 Å². The molecule has 0 saturated heterocycles. The third-order valence-corrected chi connectivity index (χ3v) is 4.65. The lowest BCUT2D eigenvalue weighted by Crippen LogP contribution is -2.45. The highest BCUT2D eigenvalue weighted by Gasteiger charge is 2.29. The molecule has 1 aliphatic rings. The number of halogens is 1. The Bertz CT molecular complexity index is 495. The molecule has 0 heterocycles. The maximum absolute atomic E-state index is 12.3. The van der Waals surface area contributed by atoms with E-state index in [2.05, 4.69) is 18.2 Å². The fraction of sp³-hybridized carbons (Fsp3) is 0.562. The molecular formula is C16H23ClN2O2S. The Morgan fingerprint density at radius 3 is 2.77 bits per heavy atom. The fourth-order valence-electron chi connectivity index (χ4n) is 3.03. The predicted molar refractivity (Wildman–Crippen MR) is 93.1 cm³/mol. The van der Waals surface area contributed by atoms with Crippen molar-refractivity contribution in [3.63, 3.8) is 0 Å². The van der Waals surface area contributed by atoms with Gasteiger partial charge in [-0.25, -0.2) is 0 Å². The topological polar surface area (TPSA) is 64.3 Å². The standard InChI is InChI=1S/C16H23ClN2O2S/c17-12-7-4-8-13(10-12)19-16(20)15(21-22)14(18)9-11-5-2-1-3-6-11/h4,7-8,10-11,14-15,22H,1-3,5-6,9,18H2,(H,19,20)/t14-,15?/m1/s1. The van der Waals surface area contributed by atoms with Crippen LogP contribution in [0.3, 0.4) is 0 Å². The number of rotatable bonds is 6. The van der Waals surface area contributed by atoms with Gasteiger partial charge in [0, 0.05) is 16.8 Å². The van der Waals surface area contributed by atoms with Crippen LogP contribution in [-0.4, -0.2) is 18.1 Å². The molecule has 1 unspecified atom stereocenters. The summed E-state index contributed by atoms with van der Waals surface area (Å²) >= 11 is 9.74. The van der Waals surface area contributed by atoms with E-state index < -0.39 is 6.10 Å². The summed E-state index contributed by atoms with van der Waals surface area (Å²) in [6.45, 7) is 0. The van der Waals surface area contributed by atoms with E-state index in [1.54, 1.807) is 24.3 Å². The van der Waals surface area contributed by atoms with Crippen LogP contribution in [0.5, 0.6) is 0 Å². The second-order valence-corrected chi connectivity index (χ2v) is 6.58. The summed E-state index contributed by atoms with van der Waals surface area (Å²) in [6, 6.07) is 6.61. The van der Waals surface area contributed by atoms with E-state index in [0.29, 0.717) is 16.6 Å². The number of carbonyl (C=O) groups is 1. The van der Waals surface area contributed by atoms with Crippen LogP contribution in [0.2, 0.25) is 5.02 Å². The molecule has 1 aliphatic carbocycles. The van der Waals surface area contributed by atoms with Crippen LogP contribution >= 0.6 is 24.5 Å². The Kier molecular flexibility index (Phi) is 7.02. The summed E-state index contributed by atoms with van der Waals surface area (Å²) in [5.41, 5.74) is 6.81. The maximum atomic E-state index is 12.3. The molecule has 4 nitrogen and oxygen atoms in total. The van der Waals surface area contributed by atoms with Gasteiger partial charge in [-0.15, -0.1) is 0 Å². The van der Waals surface area contributed by atoms with E-state index in [9.17, 15) is 4.79 Å². The lowest BCUT2D eigenvalue weighted by molar-refractivity contribution is -0.123. The molecular weight excluding hydrogens is 320 g/mol. The third-order valence-electron chi connectivity index (χ3n) is 4.18. The SMILES string of the molecule is N[C@H](CC1CCCCC1)C(OS)C(=O)Nc1cccc(Cl)c1. The second-order valence-electron chi connectivity index (χ2n) is 5.93. The van der Waals surface area contributed by atoms with E-state index in [-0.39, 0.29) is 11.9 Å². The zero-order valence-corrected chi connectivity index (χ0v) is 14.2. The van der Waals surface area contributed by atoms with Crippen molar-refractivity contribution in [1.29, 1.82) is 0 Å². The van der Waals surface area contributed by atoms with Crippen molar-refractivity contribution in [2.45, 2.75) is 50.7 Å². The minimum absolute atomic E-state index is 0.291. The largest absolute Gasteiger partial charge is 0.325 e. The number of amides is 1. The van der Waals surface area contributed by atoms with Gasteiger partial charge >= 0.3 is 0 Å². The highest BCUT2D eigenvalue weighted by Crippen LogP contribution is 2.28. The first-order valence-corrected chi connectivity index (χ1v) is 8.46. The Labute approximate surface area is 142 Å². The van der Waals surface area contributed by atoms with Crippen LogP contribution in [-0.2, 0) is 8.98 Å². The van der Waals surface area contributed by atoms with Crippen LogP contribution < -0.4 is 11.1 Å². The number of hydrogen-bond donors (Lipinski definition) is 3. The van der Waals surface area contributed by atoms with E-state index >= 15 is 0 Å². The first-order valence-electron chi connectivity index (χ1n) is 7.72. The second kappa shape index (κ2) is 8.77. The molecule has 1 amide bonds. The number of anilines is 1. The molecule has 0 radical (unpaired) electrons. The summed E-state index contributed by atoms with van der Waals surface area (Å²) in [5.74, 6) is 0.286. The molecule has 3 N–H and O–H groups in total. The van der Waals surface area contributed by atoms with Gasteiger partial charge in [-0.1, -0.05) is 49.8 Å². The zero-order valence-electron chi connectivity index (χ0n) is 12.5. The van der Waals surface area contributed by atoms with Crippen molar-refractivity contribution < 1.29 is 8.98 Å². The van der Waals surface area contributed by atoms with Crippen LogP contribution in [0.25, 0.3) is 0 Å². The molecule has 1 aromatic carbocycles. The van der Waals surface area contributed by atoms with Crippen LogP contribution in [0.1, 0.15) is 38.5 Å². The quantitative estimate of drug-likeness (QED) is 0.544. The van der Waals surface area contributed by atoms with Crippen molar-refractivity contribution in [1.82, 2.24) is 0 Å². The van der Waals surface area contributed by atoms with Crippen LogP contribution in [0, 0.1) is 5.92 Å². The molecule has 1 saturated carbocycles. The first kappa shape index (κ1) is 17.6. The monoisotopic (exact) mass is 342 g/mol. The minimum Gasteiger partial charge on any atom is -0.325 e. The molecule has 1 fully saturated rings. The van der Waals surface area contributed by atoms with Crippen molar-refractivity contribution in [3.8, 4) is 0 Å². The van der Waals surface area contributed by atoms with Gasteiger partial charge in [0.05, 0.1) is 0 Å². The molecule has 0 aliphatic heterocycles. The van der Waals surface area contributed by atoms with Crippen LogP contribution in [0.4, 0.5) is 5.69 Å². The summed E-state index contributed by atoms with van der Waals surface area (Å²) in [6.07, 6.45) is 6.18. The summed E-state index contributed by atoms with van der Waals surface area (Å²) < 4.78 is 5.04. The van der Waals surface area contributed by atoms with E-state index in [1.807, 2.05) is 0 Å². The zero-order chi connectivity index (χ0) is 15.9. The number of nitrogens with two attached hydrogens (primary N) is 1. The molecule has 0 spiro atoms. The highest BCUT2D eigenvalue weighted by atomic mass is 35.5. The molecule has 2 atom stereocenters. The average molecular weight is 343 g/mol. The molecule has 1 aromatic rings. The van der Waals surface area contributed by atoms with Gasteiger partial charge in [0.15, 0.2) is 6.10 Å². The van der Waals surface area contributed by atoms with Crippen molar-refractivity contribution in [2.24, 2.45) is 11.7 Å². The third kappa shape index (κ3) is 5.16. The van der Waals surface area contributed by atoms with E-state index in [1.165, 1.54) is 32.1 Å². The number of benzene rings is 1. The Hall–Kier alpha value is -0.750. The molecule has 0 aromatic heterocycles. The maximum Gasteiger partial charge on any atom is 0.256 e. The summed E-state index contributed by atoms with van der Waals surface area (Å²) in [4.78, 5) is 12.3. The number of nitrogens with one attached hydrogen (secondary N) is 1. The Morgan fingerprint density at radius 1 is 1.41 bits per heavy atom. The normalized spacial score (nSPS) is 18.7. The lowest BCUT2D eigenvalue weighted by atomic mass is 9.84. The number of hydrogen-bond acceptors (Lipinski definition) is 4. The van der Waals surface area contributed by atoms with Gasteiger partial charge < -0.3 is 15.2 Å². The summed E-state index contributed by atoms with van der Waals surface area (Å²) in [5, 5.41) is 3.34. The van der Waals surface area contributed by atoms with Crippen molar-refractivity contribution >= 4 is 36.1 Å². The van der Waals surface area contributed by atoms with Gasteiger partial charge in [0.1, 0.15) is 0 Å². The van der Waals surface area contributed by atoms with Gasteiger partial charge in [0.2, 0.25) is 0 Å². The molecule has 6 heteroatoms. The fourth-order valence-corrected chi connectivity index (χ4v) is 3.47. The minimum atomic E-state index is -0.774. The Balaban J connectivity index is 1.92. The lowest BCUT2D eigenvalue weighted by Gasteiger charge is -2.27. The van der Waals surface area contributed by atoms with Crippen molar-refractivity contribution in [3.05, 3.63) is 29.3 Å². The van der Waals surface area contributed by atoms with E-state index in [0.717, 1.165) is 6.42 Å². The Morgan fingerprint density at radius 2 is 2.14 bits per heavy atom. The van der Waals surface area contributed by atoms with Crippen molar-refractivity contribution in [2.75, 3.05) is 5.32 Å². The highest BCUT2D eigenvalue weighted by molar-refractivity contribution is 7.75. The average Bonchev–Trinajstić information content (AvgIpc) is 2.49. The van der Waals surface area contributed by atoms with Gasteiger partial charge in [0.25, 0.3) is 5.91 Å². The smallest absolute Gasteiger partial charge is 0.256 e. The van der Waals surface area contributed by atoms with Gasteiger partial charge in [-0.05, 0) is 43.4 Å². The first-order chi connectivity index (χ1) is 10.6. The molecule has 122 valence electrons.